The first-order valence-corrected chi connectivity index (χ1v) is 10.3. The van der Waals surface area contributed by atoms with Crippen molar-refractivity contribution in [3.63, 3.8) is 0 Å². The molecular formula is C22H24Cl2N2O3. The summed E-state index contributed by atoms with van der Waals surface area (Å²) in [6.45, 7) is 5.04. The van der Waals surface area contributed by atoms with Gasteiger partial charge in [-0.25, -0.2) is 0 Å². The second-order valence-electron chi connectivity index (χ2n) is 7.32. The molecule has 1 heterocycles. The number of carbonyl (C=O) groups excluding carboxylic acids is 2. The van der Waals surface area contributed by atoms with Crippen molar-refractivity contribution in [2.24, 2.45) is 0 Å². The number of benzene rings is 2. The Bertz CT molecular complexity index is 909. The number of piperidine rings is 1. The van der Waals surface area contributed by atoms with Crippen LogP contribution in [0.25, 0.3) is 0 Å². The molecule has 0 spiro atoms. The molecule has 1 aliphatic heterocycles. The van der Waals surface area contributed by atoms with E-state index in [1.807, 2.05) is 32.0 Å². The number of hydrogen-bond acceptors (Lipinski definition) is 3. The largest absolute Gasteiger partial charge is 0.484 e. The average molecular weight is 435 g/mol. The van der Waals surface area contributed by atoms with Crippen LogP contribution in [0.5, 0.6) is 5.75 Å². The summed E-state index contributed by atoms with van der Waals surface area (Å²) in [5.74, 6) is 0.414. The zero-order valence-electron chi connectivity index (χ0n) is 16.5. The summed E-state index contributed by atoms with van der Waals surface area (Å²) in [6, 6.07) is 10.7. The van der Waals surface area contributed by atoms with Crippen LogP contribution < -0.4 is 10.1 Å². The molecule has 0 atom stereocenters. The molecule has 0 saturated carbocycles. The Morgan fingerprint density at radius 3 is 2.52 bits per heavy atom. The van der Waals surface area contributed by atoms with Crippen molar-refractivity contribution < 1.29 is 14.3 Å². The number of nitrogens with one attached hydrogen (secondary N) is 1. The molecule has 0 unspecified atom stereocenters. The van der Waals surface area contributed by atoms with Crippen LogP contribution in [-0.4, -0.2) is 42.5 Å². The van der Waals surface area contributed by atoms with Crippen LogP contribution >= 0.6 is 23.2 Å². The van der Waals surface area contributed by atoms with Gasteiger partial charge in [0.15, 0.2) is 6.61 Å². The lowest BCUT2D eigenvalue weighted by molar-refractivity contribution is -0.124. The molecule has 5 nitrogen and oxygen atoms in total. The van der Waals surface area contributed by atoms with Gasteiger partial charge in [0, 0.05) is 24.2 Å². The van der Waals surface area contributed by atoms with Gasteiger partial charge in [0.05, 0.1) is 10.6 Å². The van der Waals surface area contributed by atoms with Crippen LogP contribution in [-0.2, 0) is 4.79 Å². The van der Waals surface area contributed by atoms with Crippen LogP contribution in [0.4, 0.5) is 0 Å². The van der Waals surface area contributed by atoms with Gasteiger partial charge in [-0.2, -0.15) is 0 Å². The van der Waals surface area contributed by atoms with Gasteiger partial charge < -0.3 is 15.0 Å². The molecule has 1 saturated heterocycles. The highest BCUT2D eigenvalue weighted by Gasteiger charge is 2.26. The Kier molecular flexibility index (Phi) is 7.04. The standard InChI is InChI=1S/C22H24Cl2N2O3/c1-14-3-6-20(15(2)11-14)29-13-21(27)25-17-7-9-26(10-8-17)22(28)18-12-16(23)4-5-19(18)24/h3-6,11-12,17H,7-10,13H2,1-2H3,(H,25,27). The topological polar surface area (TPSA) is 58.6 Å². The number of carbonyl (C=O) groups is 2. The van der Waals surface area contributed by atoms with Gasteiger partial charge in [-0.1, -0.05) is 40.9 Å². The molecule has 2 amide bonds. The lowest BCUT2D eigenvalue weighted by Crippen LogP contribution is -2.47. The van der Waals surface area contributed by atoms with E-state index in [0.717, 1.165) is 11.1 Å². The number of halogens is 2. The third-order valence-electron chi connectivity index (χ3n) is 5.00. The highest BCUT2D eigenvalue weighted by Crippen LogP contribution is 2.24. The van der Waals surface area contributed by atoms with Gasteiger partial charge in [-0.05, 0) is 56.5 Å². The summed E-state index contributed by atoms with van der Waals surface area (Å²) in [5.41, 5.74) is 2.56. The monoisotopic (exact) mass is 434 g/mol. The molecule has 7 heteroatoms. The molecule has 1 N–H and O–H groups in total. The molecule has 2 aromatic rings. The minimum atomic E-state index is -0.160. The normalized spacial score (nSPS) is 14.6. The number of ether oxygens (including phenoxy) is 1. The SMILES string of the molecule is Cc1ccc(OCC(=O)NC2CCN(C(=O)c3cc(Cl)ccc3Cl)CC2)c(C)c1. The van der Waals surface area contributed by atoms with Gasteiger partial charge in [0.25, 0.3) is 11.8 Å². The average Bonchev–Trinajstić information content (AvgIpc) is 2.69. The quantitative estimate of drug-likeness (QED) is 0.757. The van der Waals surface area contributed by atoms with Crippen molar-refractivity contribution in [1.82, 2.24) is 10.2 Å². The van der Waals surface area contributed by atoms with Gasteiger partial charge in [-0.3, -0.25) is 9.59 Å². The maximum atomic E-state index is 12.7. The summed E-state index contributed by atoms with van der Waals surface area (Å²) < 4.78 is 5.63. The third kappa shape index (κ3) is 5.64. The zero-order valence-corrected chi connectivity index (χ0v) is 18.0. The summed E-state index contributed by atoms with van der Waals surface area (Å²) in [4.78, 5) is 26.7. The number of nitrogens with zero attached hydrogens (tertiary/aromatic N) is 1. The first kappa shape index (κ1) is 21.5. The second kappa shape index (κ2) is 9.51. The summed E-state index contributed by atoms with van der Waals surface area (Å²) in [5, 5.41) is 3.85. The lowest BCUT2D eigenvalue weighted by Gasteiger charge is -2.32. The fourth-order valence-corrected chi connectivity index (χ4v) is 3.80. The van der Waals surface area contributed by atoms with Gasteiger partial charge in [0.2, 0.25) is 0 Å². The van der Waals surface area contributed by atoms with Crippen molar-refractivity contribution >= 4 is 35.0 Å². The molecule has 1 aliphatic rings. The number of rotatable bonds is 5. The Hall–Kier alpha value is -2.24. The highest BCUT2D eigenvalue weighted by molar-refractivity contribution is 6.35. The minimum Gasteiger partial charge on any atom is -0.484 e. The molecule has 0 radical (unpaired) electrons. The fraction of sp³-hybridized carbons (Fsp3) is 0.364. The molecule has 3 rings (SSSR count). The van der Waals surface area contributed by atoms with E-state index in [1.165, 1.54) is 0 Å². The summed E-state index contributed by atoms with van der Waals surface area (Å²) >= 11 is 12.1. The van der Waals surface area contributed by atoms with Crippen LogP contribution in [0.15, 0.2) is 36.4 Å². The number of amides is 2. The van der Waals surface area contributed by atoms with E-state index in [-0.39, 0.29) is 24.5 Å². The van der Waals surface area contributed by atoms with Crippen molar-refractivity contribution in [3.8, 4) is 5.75 Å². The van der Waals surface area contributed by atoms with E-state index in [9.17, 15) is 9.59 Å². The molecule has 2 aromatic carbocycles. The number of hydrogen-bond donors (Lipinski definition) is 1. The van der Waals surface area contributed by atoms with Gasteiger partial charge >= 0.3 is 0 Å². The Morgan fingerprint density at radius 1 is 1.10 bits per heavy atom. The predicted octanol–water partition coefficient (Wildman–Crippen LogP) is 4.41. The van der Waals surface area contributed by atoms with E-state index in [1.54, 1.807) is 23.1 Å². The van der Waals surface area contributed by atoms with Gasteiger partial charge in [0.1, 0.15) is 5.75 Å². The van der Waals surface area contributed by atoms with E-state index in [0.29, 0.717) is 47.3 Å². The zero-order chi connectivity index (χ0) is 21.0. The molecule has 1 fully saturated rings. The maximum Gasteiger partial charge on any atom is 0.258 e. The predicted molar refractivity (Wildman–Crippen MR) is 115 cm³/mol. The Morgan fingerprint density at radius 2 is 1.83 bits per heavy atom. The second-order valence-corrected chi connectivity index (χ2v) is 8.16. The van der Waals surface area contributed by atoms with Crippen molar-refractivity contribution in [3.05, 3.63) is 63.1 Å². The smallest absolute Gasteiger partial charge is 0.258 e. The van der Waals surface area contributed by atoms with Crippen LogP contribution in [0.1, 0.15) is 34.3 Å². The van der Waals surface area contributed by atoms with Crippen molar-refractivity contribution in [2.75, 3.05) is 19.7 Å². The first-order chi connectivity index (χ1) is 13.8. The maximum absolute atomic E-state index is 12.7. The molecule has 0 aromatic heterocycles. The van der Waals surface area contributed by atoms with E-state index in [4.69, 9.17) is 27.9 Å². The van der Waals surface area contributed by atoms with Crippen molar-refractivity contribution in [1.29, 1.82) is 0 Å². The lowest BCUT2D eigenvalue weighted by atomic mass is 10.0. The fourth-order valence-electron chi connectivity index (χ4n) is 3.43. The molecule has 0 bridgehead atoms. The van der Waals surface area contributed by atoms with Gasteiger partial charge in [-0.15, -0.1) is 0 Å². The Balaban J connectivity index is 1.47. The molecule has 29 heavy (non-hydrogen) atoms. The summed E-state index contributed by atoms with van der Waals surface area (Å²) in [6.07, 6.45) is 1.36. The Labute approximate surface area is 180 Å². The van der Waals surface area contributed by atoms with Crippen molar-refractivity contribution in [2.45, 2.75) is 32.7 Å². The third-order valence-corrected chi connectivity index (χ3v) is 5.56. The molecule has 154 valence electrons. The highest BCUT2D eigenvalue weighted by atomic mass is 35.5. The van der Waals surface area contributed by atoms with Crippen LogP contribution in [0.3, 0.4) is 0 Å². The van der Waals surface area contributed by atoms with Crippen LogP contribution in [0, 0.1) is 13.8 Å². The number of aryl methyl sites for hydroxylation is 2. The van der Waals surface area contributed by atoms with Crippen LogP contribution in [0.2, 0.25) is 10.0 Å². The summed E-state index contributed by atoms with van der Waals surface area (Å²) in [7, 11) is 0. The minimum absolute atomic E-state index is 0.0177. The molecule has 0 aliphatic carbocycles. The van der Waals surface area contributed by atoms with E-state index < -0.39 is 0 Å². The van der Waals surface area contributed by atoms with E-state index >= 15 is 0 Å². The van der Waals surface area contributed by atoms with E-state index in [2.05, 4.69) is 5.32 Å². The molecular weight excluding hydrogens is 411 g/mol. The number of likely N-dealkylation sites (tertiary alicyclic amines) is 1. The first-order valence-electron chi connectivity index (χ1n) is 9.57.